The molecule has 0 bridgehead atoms. The third-order valence-electron chi connectivity index (χ3n) is 3.53. The van der Waals surface area contributed by atoms with Crippen molar-refractivity contribution in [3.63, 3.8) is 0 Å². The van der Waals surface area contributed by atoms with Crippen LogP contribution in [0.2, 0.25) is 0 Å². The average Bonchev–Trinajstić information content (AvgIpc) is 2.87. The molecule has 96 valence electrons. The topological polar surface area (TPSA) is 67.8 Å². The van der Waals surface area contributed by atoms with E-state index in [2.05, 4.69) is 5.32 Å². The summed E-state index contributed by atoms with van der Waals surface area (Å²) < 4.78 is 11.2. The van der Waals surface area contributed by atoms with Gasteiger partial charge in [-0.3, -0.25) is 4.79 Å². The van der Waals surface area contributed by atoms with Crippen molar-refractivity contribution < 1.29 is 19.4 Å². The number of ether oxygens (including phenoxy) is 2. The SMILES string of the molecule is O=C(O)C1CNCC1c1cccc2c1OCCO2. The van der Waals surface area contributed by atoms with E-state index < -0.39 is 11.9 Å². The third-order valence-corrected chi connectivity index (χ3v) is 3.53. The largest absolute Gasteiger partial charge is 0.486 e. The fraction of sp³-hybridized carbons (Fsp3) is 0.462. The highest BCUT2D eigenvalue weighted by Gasteiger charge is 2.36. The average molecular weight is 249 g/mol. The monoisotopic (exact) mass is 249 g/mol. The summed E-state index contributed by atoms with van der Waals surface area (Å²) in [5, 5.41) is 12.4. The summed E-state index contributed by atoms with van der Waals surface area (Å²) in [6.45, 7) is 2.23. The first kappa shape index (κ1) is 11.3. The highest BCUT2D eigenvalue weighted by atomic mass is 16.6. The van der Waals surface area contributed by atoms with Gasteiger partial charge in [0, 0.05) is 24.6 Å². The van der Waals surface area contributed by atoms with E-state index in [0.717, 1.165) is 11.3 Å². The summed E-state index contributed by atoms with van der Waals surface area (Å²) >= 11 is 0. The Hall–Kier alpha value is -1.75. The Labute approximate surface area is 105 Å². The molecule has 3 rings (SSSR count). The van der Waals surface area contributed by atoms with E-state index in [1.807, 2.05) is 18.2 Å². The van der Waals surface area contributed by atoms with Crippen molar-refractivity contribution in [3.05, 3.63) is 23.8 Å². The van der Waals surface area contributed by atoms with Gasteiger partial charge in [-0.2, -0.15) is 0 Å². The number of hydrogen-bond acceptors (Lipinski definition) is 4. The zero-order chi connectivity index (χ0) is 12.5. The zero-order valence-electron chi connectivity index (χ0n) is 9.89. The van der Waals surface area contributed by atoms with E-state index in [4.69, 9.17) is 9.47 Å². The number of fused-ring (bicyclic) bond motifs is 1. The first-order valence-electron chi connectivity index (χ1n) is 6.09. The lowest BCUT2D eigenvalue weighted by atomic mass is 9.88. The summed E-state index contributed by atoms with van der Waals surface area (Å²) in [4.78, 5) is 11.2. The van der Waals surface area contributed by atoms with Gasteiger partial charge in [0.15, 0.2) is 11.5 Å². The van der Waals surface area contributed by atoms with Crippen LogP contribution in [0.1, 0.15) is 11.5 Å². The fourth-order valence-corrected chi connectivity index (χ4v) is 2.65. The highest BCUT2D eigenvalue weighted by molar-refractivity contribution is 5.73. The molecular weight excluding hydrogens is 234 g/mol. The van der Waals surface area contributed by atoms with E-state index in [0.29, 0.717) is 32.1 Å². The number of nitrogens with one attached hydrogen (secondary N) is 1. The second kappa shape index (κ2) is 4.49. The van der Waals surface area contributed by atoms with Gasteiger partial charge in [0.1, 0.15) is 13.2 Å². The van der Waals surface area contributed by atoms with Crippen molar-refractivity contribution in [2.75, 3.05) is 26.3 Å². The lowest BCUT2D eigenvalue weighted by molar-refractivity contribution is -0.141. The molecule has 0 aliphatic carbocycles. The van der Waals surface area contributed by atoms with E-state index in [1.54, 1.807) is 0 Å². The van der Waals surface area contributed by atoms with Crippen molar-refractivity contribution in [3.8, 4) is 11.5 Å². The zero-order valence-corrected chi connectivity index (χ0v) is 9.89. The molecule has 2 aliphatic heterocycles. The van der Waals surface area contributed by atoms with Gasteiger partial charge in [-0.15, -0.1) is 0 Å². The number of carbonyl (C=O) groups is 1. The minimum atomic E-state index is -0.765. The smallest absolute Gasteiger partial charge is 0.308 e. The molecule has 5 heteroatoms. The second-order valence-electron chi connectivity index (χ2n) is 4.58. The third kappa shape index (κ3) is 1.80. The van der Waals surface area contributed by atoms with Crippen molar-refractivity contribution >= 4 is 5.97 Å². The molecule has 0 aromatic heterocycles. The molecule has 18 heavy (non-hydrogen) atoms. The summed E-state index contributed by atoms with van der Waals surface area (Å²) in [6, 6.07) is 5.68. The summed E-state index contributed by atoms with van der Waals surface area (Å²) in [5.41, 5.74) is 0.935. The van der Waals surface area contributed by atoms with Gasteiger partial charge in [0.2, 0.25) is 0 Å². The van der Waals surface area contributed by atoms with Crippen LogP contribution in [0.4, 0.5) is 0 Å². The second-order valence-corrected chi connectivity index (χ2v) is 4.58. The predicted molar refractivity (Wildman–Crippen MR) is 64.2 cm³/mol. The molecule has 2 aliphatic rings. The van der Waals surface area contributed by atoms with Crippen molar-refractivity contribution in [2.45, 2.75) is 5.92 Å². The van der Waals surface area contributed by atoms with Gasteiger partial charge in [0.05, 0.1) is 5.92 Å². The minimum Gasteiger partial charge on any atom is -0.486 e. The number of carboxylic acid groups (broad SMARTS) is 1. The van der Waals surface area contributed by atoms with Gasteiger partial charge in [-0.1, -0.05) is 12.1 Å². The lowest BCUT2D eigenvalue weighted by Crippen LogP contribution is -2.23. The molecule has 0 amide bonds. The normalized spacial score (nSPS) is 26.0. The Balaban J connectivity index is 1.99. The molecule has 2 unspecified atom stereocenters. The van der Waals surface area contributed by atoms with Crippen molar-refractivity contribution in [1.29, 1.82) is 0 Å². The summed E-state index contributed by atoms with van der Waals surface area (Å²) in [6.07, 6.45) is 0. The summed E-state index contributed by atoms with van der Waals surface area (Å²) in [7, 11) is 0. The number of aliphatic carboxylic acids is 1. The maximum absolute atomic E-state index is 11.2. The molecule has 1 aromatic rings. The lowest BCUT2D eigenvalue weighted by Gasteiger charge is -2.24. The van der Waals surface area contributed by atoms with E-state index in [9.17, 15) is 9.90 Å². The Morgan fingerprint density at radius 2 is 2.11 bits per heavy atom. The first-order valence-corrected chi connectivity index (χ1v) is 6.09. The number of carboxylic acids is 1. The van der Waals surface area contributed by atoms with Crippen LogP contribution in [-0.2, 0) is 4.79 Å². The van der Waals surface area contributed by atoms with Crippen LogP contribution in [0.3, 0.4) is 0 Å². The van der Waals surface area contributed by atoms with Crippen LogP contribution in [0.15, 0.2) is 18.2 Å². The molecule has 0 spiro atoms. The molecule has 2 atom stereocenters. The van der Waals surface area contributed by atoms with Gasteiger partial charge in [0.25, 0.3) is 0 Å². The van der Waals surface area contributed by atoms with Gasteiger partial charge in [-0.25, -0.2) is 0 Å². The van der Waals surface area contributed by atoms with Crippen molar-refractivity contribution in [1.82, 2.24) is 5.32 Å². The molecule has 0 radical (unpaired) electrons. The maximum Gasteiger partial charge on any atom is 0.308 e. The van der Waals surface area contributed by atoms with Gasteiger partial charge >= 0.3 is 5.97 Å². The highest BCUT2D eigenvalue weighted by Crippen LogP contribution is 2.41. The van der Waals surface area contributed by atoms with Crippen LogP contribution >= 0.6 is 0 Å². The van der Waals surface area contributed by atoms with E-state index in [1.165, 1.54) is 0 Å². The molecule has 5 nitrogen and oxygen atoms in total. The number of benzene rings is 1. The Morgan fingerprint density at radius 1 is 1.28 bits per heavy atom. The summed E-state index contributed by atoms with van der Waals surface area (Å²) in [5.74, 6) is 0.207. The quantitative estimate of drug-likeness (QED) is 0.813. The van der Waals surface area contributed by atoms with Crippen LogP contribution in [0.25, 0.3) is 0 Å². The maximum atomic E-state index is 11.2. The molecule has 0 saturated carbocycles. The first-order chi connectivity index (χ1) is 8.77. The Bertz CT molecular complexity index is 474. The predicted octanol–water partition coefficient (Wildman–Crippen LogP) is 0.845. The Morgan fingerprint density at radius 3 is 2.94 bits per heavy atom. The molecule has 1 aromatic carbocycles. The molecule has 1 saturated heterocycles. The van der Waals surface area contributed by atoms with E-state index >= 15 is 0 Å². The van der Waals surface area contributed by atoms with Gasteiger partial charge < -0.3 is 19.9 Å². The number of para-hydroxylation sites is 1. The van der Waals surface area contributed by atoms with Gasteiger partial charge in [-0.05, 0) is 6.07 Å². The number of rotatable bonds is 2. The Kier molecular flexibility index (Phi) is 2.83. The molecule has 2 heterocycles. The molecule has 1 fully saturated rings. The molecular formula is C13H15NO4. The van der Waals surface area contributed by atoms with Crippen molar-refractivity contribution in [2.24, 2.45) is 5.92 Å². The van der Waals surface area contributed by atoms with Crippen LogP contribution in [0, 0.1) is 5.92 Å². The van der Waals surface area contributed by atoms with Crippen LogP contribution in [0.5, 0.6) is 11.5 Å². The fourth-order valence-electron chi connectivity index (χ4n) is 2.65. The molecule has 2 N–H and O–H groups in total. The number of hydrogen-bond donors (Lipinski definition) is 2. The van der Waals surface area contributed by atoms with Crippen LogP contribution in [-0.4, -0.2) is 37.4 Å². The van der Waals surface area contributed by atoms with E-state index in [-0.39, 0.29) is 5.92 Å². The van der Waals surface area contributed by atoms with Crippen LogP contribution < -0.4 is 14.8 Å². The minimum absolute atomic E-state index is 0.0563. The standard InChI is InChI=1S/C13H15NO4/c15-13(16)10-7-14-6-9(10)8-2-1-3-11-12(8)18-5-4-17-11/h1-3,9-10,14H,4-7H2,(H,15,16).